The van der Waals surface area contributed by atoms with Crippen molar-refractivity contribution in [3.63, 3.8) is 0 Å². The summed E-state index contributed by atoms with van der Waals surface area (Å²) in [5, 5.41) is 13.9. The highest BCUT2D eigenvalue weighted by Crippen LogP contribution is 2.21. The highest BCUT2D eigenvalue weighted by atomic mass is 19.4. The van der Waals surface area contributed by atoms with Crippen molar-refractivity contribution in [2.45, 2.75) is 6.18 Å². The standard InChI is InChI=1S/C14H11F3N2O3/c15-14(16,17)9-22-11-5-3-4-10(8-11)18-13(20)12-6-1-2-7-19(12)21/h1-8H,9H2,(H,18,20). The number of carbonyl (C=O) groups excluding carboxylic acids is 1. The summed E-state index contributed by atoms with van der Waals surface area (Å²) in [6.07, 6.45) is -3.28. The van der Waals surface area contributed by atoms with Gasteiger partial charge in [0.1, 0.15) is 5.75 Å². The summed E-state index contributed by atoms with van der Waals surface area (Å²) in [5.41, 5.74) is 0.0811. The van der Waals surface area contributed by atoms with Gasteiger partial charge in [-0.05, 0) is 18.2 Å². The van der Waals surface area contributed by atoms with Crippen LogP contribution in [-0.2, 0) is 0 Å². The second-order valence-corrected chi connectivity index (χ2v) is 4.30. The summed E-state index contributed by atoms with van der Waals surface area (Å²) >= 11 is 0. The largest absolute Gasteiger partial charge is 0.618 e. The normalized spacial score (nSPS) is 11.0. The molecule has 0 atom stereocenters. The lowest BCUT2D eigenvalue weighted by molar-refractivity contribution is -0.607. The molecule has 0 bridgehead atoms. The van der Waals surface area contributed by atoms with Crippen LogP contribution < -0.4 is 14.8 Å². The Morgan fingerprint density at radius 3 is 2.68 bits per heavy atom. The molecule has 0 saturated carbocycles. The van der Waals surface area contributed by atoms with E-state index in [0.717, 1.165) is 6.20 Å². The first-order valence-electron chi connectivity index (χ1n) is 6.14. The van der Waals surface area contributed by atoms with Gasteiger partial charge in [0, 0.05) is 23.9 Å². The number of pyridine rings is 1. The molecule has 22 heavy (non-hydrogen) atoms. The van der Waals surface area contributed by atoms with Crippen molar-refractivity contribution < 1.29 is 27.4 Å². The molecule has 2 aromatic rings. The van der Waals surface area contributed by atoms with Crippen molar-refractivity contribution in [1.82, 2.24) is 0 Å². The average Bonchev–Trinajstić information content (AvgIpc) is 2.45. The van der Waals surface area contributed by atoms with E-state index in [0.29, 0.717) is 4.73 Å². The molecule has 0 aliphatic heterocycles. The van der Waals surface area contributed by atoms with Crippen LogP contribution in [-0.4, -0.2) is 18.7 Å². The van der Waals surface area contributed by atoms with Crippen molar-refractivity contribution in [2.75, 3.05) is 11.9 Å². The van der Waals surface area contributed by atoms with E-state index < -0.39 is 18.7 Å². The number of ether oxygens (including phenoxy) is 1. The number of anilines is 1. The van der Waals surface area contributed by atoms with Crippen molar-refractivity contribution in [3.05, 3.63) is 59.6 Å². The van der Waals surface area contributed by atoms with Gasteiger partial charge in [-0.2, -0.15) is 17.9 Å². The minimum absolute atomic E-state index is 0.0433. The Balaban J connectivity index is 2.07. The maximum atomic E-state index is 12.1. The van der Waals surface area contributed by atoms with Gasteiger partial charge < -0.3 is 15.3 Å². The Hall–Kier alpha value is -2.77. The minimum atomic E-state index is -4.45. The van der Waals surface area contributed by atoms with Gasteiger partial charge in [-0.25, -0.2) is 0 Å². The number of alkyl halides is 3. The van der Waals surface area contributed by atoms with Crippen LogP contribution in [0.2, 0.25) is 0 Å². The predicted molar refractivity (Wildman–Crippen MR) is 71.3 cm³/mol. The molecule has 0 fully saturated rings. The Morgan fingerprint density at radius 1 is 1.23 bits per heavy atom. The number of hydrogen-bond donors (Lipinski definition) is 1. The molecule has 1 aromatic carbocycles. The number of rotatable bonds is 4. The van der Waals surface area contributed by atoms with Crippen LogP contribution in [0, 0.1) is 5.21 Å². The van der Waals surface area contributed by atoms with E-state index in [2.05, 4.69) is 10.1 Å². The second kappa shape index (κ2) is 6.33. The molecule has 0 unspecified atom stereocenters. The van der Waals surface area contributed by atoms with E-state index in [1.165, 1.54) is 42.5 Å². The molecule has 0 saturated heterocycles. The number of amides is 1. The number of hydrogen-bond acceptors (Lipinski definition) is 3. The first kappa shape index (κ1) is 15.6. The molecular weight excluding hydrogens is 301 g/mol. The van der Waals surface area contributed by atoms with E-state index in [1.54, 1.807) is 0 Å². The topological polar surface area (TPSA) is 65.3 Å². The van der Waals surface area contributed by atoms with Gasteiger partial charge in [-0.15, -0.1) is 0 Å². The van der Waals surface area contributed by atoms with E-state index in [-0.39, 0.29) is 17.1 Å². The van der Waals surface area contributed by atoms with E-state index in [9.17, 15) is 23.2 Å². The molecule has 0 aliphatic carbocycles. The van der Waals surface area contributed by atoms with Gasteiger partial charge in [0.15, 0.2) is 12.8 Å². The number of carbonyl (C=O) groups is 1. The lowest BCUT2D eigenvalue weighted by Crippen LogP contribution is -2.36. The lowest BCUT2D eigenvalue weighted by atomic mass is 10.2. The predicted octanol–water partition coefficient (Wildman–Crippen LogP) is 2.51. The third-order valence-corrected chi connectivity index (χ3v) is 2.55. The van der Waals surface area contributed by atoms with Gasteiger partial charge in [0.05, 0.1) is 0 Å². The quantitative estimate of drug-likeness (QED) is 0.697. The second-order valence-electron chi connectivity index (χ2n) is 4.30. The SMILES string of the molecule is O=C(Nc1cccc(OCC(F)(F)F)c1)c1cccc[n+]1[O-]. The van der Waals surface area contributed by atoms with Gasteiger partial charge in [0.2, 0.25) is 0 Å². The van der Waals surface area contributed by atoms with Gasteiger partial charge in [-0.1, -0.05) is 6.07 Å². The molecule has 1 amide bonds. The zero-order valence-electron chi connectivity index (χ0n) is 11.1. The number of nitrogens with zero attached hydrogens (tertiary/aromatic N) is 1. The van der Waals surface area contributed by atoms with Crippen molar-refractivity contribution in [1.29, 1.82) is 0 Å². The molecular formula is C14H11F3N2O3. The van der Waals surface area contributed by atoms with Gasteiger partial charge >= 0.3 is 12.1 Å². The van der Waals surface area contributed by atoms with Crippen LogP contribution in [0.5, 0.6) is 5.75 Å². The smallest absolute Gasteiger partial charge is 0.422 e. The zero-order valence-corrected chi connectivity index (χ0v) is 11.1. The van der Waals surface area contributed by atoms with Crippen LogP contribution in [0.25, 0.3) is 0 Å². The Kier molecular flexibility index (Phi) is 4.50. The molecule has 8 heteroatoms. The molecule has 0 radical (unpaired) electrons. The zero-order chi connectivity index (χ0) is 16.2. The molecule has 116 valence electrons. The third kappa shape index (κ3) is 4.37. The first-order valence-corrected chi connectivity index (χ1v) is 6.14. The molecule has 1 N–H and O–H groups in total. The molecule has 0 aliphatic rings. The number of aromatic nitrogens is 1. The van der Waals surface area contributed by atoms with Crippen LogP contribution in [0.3, 0.4) is 0 Å². The third-order valence-electron chi connectivity index (χ3n) is 2.55. The number of nitrogens with one attached hydrogen (secondary N) is 1. The van der Waals surface area contributed by atoms with Crippen LogP contribution >= 0.6 is 0 Å². The number of benzene rings is 1. The highest BCUT2D eigenvalue weighted by Gasteiger charge is 2.28. The fourth-order valence-corrected chi connectivity index (χ4v) is 1.63. The van der Waals surface area contributed by atoms with Crippen LogP contribution in [0.1, 0.15) is 10.5 Å². The molecule has 5 nitrogen and oxygen atoms in total. The maximum Gasteiger partial charge on any atom is 0.422 e. The summed E-state index contributed by atoms with van der Waals surface area (Å²) in [5.74, 6) is -0.721. The fourth-order valence-electron chi connectivity index (χ4n) is 1.63. The van der Waals surface area contributed by atoms with Crippen molar-refractivity contribution in [3.8, 4) is 5.75 Å². The summed E-state index contributed by atoms with van der Waals surface area (Å²) in [4.78, 5) is 11.9. The van der Waals surface area contributed by atoms with Crippen LogP contribution in [0.4, 0.5) is 18.9 Å². The first-order chi connectivity index (χ1) is 10.3. The number of halogens is 3. The maximum absolute atomic E-state index is 12.1. The Morgan fingerprint density at radius 2 is 2.00 bits per heavy atom. The van der Waals surface area contributed by atoms with E-state index in [1.807, 2.05) is 0 Å². The van der Waals surface area contributed by atoms with Crippen molar-refractivity contribution in [2.24, 2.45) is 0 Å². The van der Waals surface area contributed by atoms with Gasteiger partial charge in [0.25, 0.3) is 5.69 Å². The Labute approximate surface area is 123 Å². The fraction of sp³-hybridized carbons (Fsp3) is 0.143. The van der Waals surface area contributed by atoms with Crippen LogP contribution in [0.15, 0.2) is 48.7 Å². The average molecular weight is 312 g/mol. The van der Waals surface area contributed by atoms with E-state index in [4.69, 9.17) is 0 Å². The lowest BCUT2D eigenvalue weighted by Gasteiger charge is -2.10. The van der Waals surface area contributed by atoms with Gasteiger partial charge in [-0.3, -0.25) is 4.79 Å². The summed E-state index contributed by atoms with van der Waals surface area (Å²) in [7, 11) is 0. The molecule has 0 spiro atoms. The summed E-state index contributed by atoms with van der Waals surface area (Å²) < 4.78 is 41.2. The monoisotopic (exact) mass is 312 g/mol. The molecule has 1 heterocycles. The molecule has 1 aromatic heterocycles. The molecule has 2 rings (SSSR count). The summed E-state index contributed by atoms with van der Waals surface area (Å²) in [6.45, 7) is -1.43. The summed E-state index contributed by atoms with van der Waals surface area (Å²) in [6, 6.07) is 9.78. The minimum Gasteiger partial charge on any atom is -0.618 e. The highest BCUT2D eigenvalue weighted by molar-refractivity contribution is 6.01. The Bertz CT molecular complexity index is 674. The van der Waals surface area contributed by atoms with E-state index >= 15 is 0 Å². The van der Waals surface area contributed by atoms with Crippen molar-refractivity contribution >= 4 is 11.6 Å².